The fourth-order valence-corrected chi connectivity index (χ4v) is 1.31. The first kappa shape index (κ1) is 18.4. The van der Waals surface area contributed by atoms with E-state index in [9.17, 15) is 14.4 Å². The van der Waals surface area contributed by atoms with Gasteiger partial charge < -0.3 is 14.2 Å². The highest BCUT2D eigenvalue weighted by molar-refractivity contribution is 5.98. The molecule has 6 nitrogen and oxygen atoms in total. The lowest BCUT2D eigenvalue weighted by Gasteiger charge is -2.14. The summed E-state index contributed by atoms with van der Waals surface area (Å²) < 4.78 is 14.7. The van der Waals surface area contributed by atoms with Crippen LogP contribution >= 0.6 is 0 Å². The summed E-state index contributed by atoms with van der Waals surface area (Å²) in [7, 11) is 0. The quantitative estimate of drug-likeness (QED) is 0.347. The van der Waals surface area contributed by atoms with Crippen molar-refractivity contribution < 1.29 is 28.6 Å². The first-order chi connectivity index (χ1) is 9.56. The molecular formula is C14H24O6. The van der Waals surface area contributed by atoms with E-state index >= 15 is 0 Å². The lowest BCUT2D eigenvalue weighted by molar-refractivity contribution is -0.166. The SMILES string of the molecule is CCCOC(=O)CC(C(=O)OCCC)C(=O)OCCC. The molecule has 0 atom stereocenters. The first-order valence-electron chi connectivity index (χ1n) is 7.05. The molecule has 0 aliphatic rings. The molecule has 0 saturated carbocycles. The lowest BCUT2D eigenvalue weighted by atomic mass is 10.1. The van der Waals surface area contributed by atoms with Crippen molar-refractivity contribution in [3.63, 3.8) is 0 Å². The molecule has 0 aliphatic heterocycles. The van der Waals surface area contributed by atoms with Crippen molar-refractivity contribution in [2.75, 3.05) is 19.8 Å². The molecule has 0 aromatic rings. The van der Waals surface area contributed by atoms with E-state index in [4.69, 9.17) is 14.2 Å². The van der Waals surface area contributed by atoms with Gasteiger partial charge in [0.15, 0.2) is 5.92 Å². The van der Waals surface area contributed by atoms with Crippen LogP contribution in [0.15, 0.2) is 0 Å². The number of hydrogen-bond acceptors (Lipinski definition) is 6. The topological polar surface area (TPSA) is 78.9 Å². The van der Waals surface area contributed by atoms with E-state index in [-0.39, 0.29) is 26.2 Å². The van der Waals surface area contributed by atoms with Crippen molar-refractivity contribution in [3.8, 4) is 0 Å². The average Bonchev–Trinajstić information content (AvgIpc) is 2.45. The number of esters is 3. The fourth-order valence-electron chi connectivity index (χ4n) is 1.31. The highest BCUT2D eigenvalue weighted by Crippen LogP contribution is 2.11. The zero-order valence-corrected chi connectivity index (χ0v) is 12.5. The normalized spacial score (nSPS) is 10.2. The third-order valence-electron chi connectivity index (χ3n) is 2.30. The third kappa shape index (κ3) is 7.76. The smallest absolute Gasteiger partial charge is 0.320 e. The maximum atomic E-state index is 11.8. The Kier molecular flexibility index (Phi) is 10.4. The van der Waals surface area contributed by atoms with E-state index in [2.05, 4.69) is 0 Å². The molecule has 0 spiro atoms. The zero-order chi connectivity index (χ0) is 15.4. The van der Waals surface area contributed by atoms with E-state index < -0.39 is 23.8 Å². The Labute approximate surface area is 119 Å². The van der Waals surface area contributed by atoms with Crippen molar-refractivity contribution >= 4 is 17.9 Å². The Balaban J connectivity index is 4.56. The Morgan fingerprint density at radius 1 is 0.750 bits per heavy atom. The number of ether oxygens (including phenoxy) is 3. The van der Waals surface area contributed by atoms with E-state index in [1.165, 1.54) is 0 Å². The molecule has 0 aromatic carbocycles. The molecule has 0 amide bonds. The Morgan fingerprint density at radius 3 is 1.55 bits per heavy atom. The molecule has 0 fully saturated rings. The Bertz CT molecular complexity index is 293. The monoisotopic (exact) mass is 288 g/mol. The van der Waals surface area contributed by atoms with E-state index in [0.29, 0.717) is 19.3 Å². The van der Waals surface area contributed by atoms with Crippen LogP contribution in [-0.4, -0.2) is 37.7 Å². The summed E-state index contributed by atoms with van der Waals surface area (Å²) in [6.45, 7) is 6.22. The van der Waals surface area contributed by atoms with Crippen LogP contribution in [0.1, 0.15) is 46.5 Å². The largest absolute Gasteiger partial charge is 0.466 e. The van der Waals surface area contributed by atoms with Gasteiger partial charge in [-0.2, -0.15) is 0 Å². The maximum absolute atomic E-state index is 11.8. The molecule has 0 unspecified atom stereocenters. The van der Waals surface area contributed by atoms with Crippen molar-refractivity contribution in [2.24, 2.45) is 5.92 Å². The van der Waals surface area contributed by atoms with Crippen LogP contribution in [0, 0.1) is 5.92 Å². The molecule has 0 aromatic heterocycles. The van der Waals surface area contributed by atoms with Gasteiger partial charge in [-0.05, 0) is 19.3 Å². The van der Waals surface area contributed by atoms with Crippen molar-refractivity contribution in [1.82, 2.24) is 0 Å². The van der Waals surface area contributed by atoms with E-state index in [0.717, 1.165) is 0 Å². The predicted octanol–water partition coefficient (Wildman–Crippen LogP) is 1.85. The summed E-state index contributed by atoms with van der Waals surface area (Å²) in [6, 6.07) is 0. The molecule has 6 heteroatoms. The number of hydrogen-bond donors (Lipinski definition) is 0. The second-order valence-electron chi connectivity index (χ2n) is 4.31. The molecule has 0 N–H and O–H groups in total. The van der Waals surface area contributed by atoms with Crippen LogP contribution in [-0.2, 0) is 28.6 Å². The minimum absolute atomic E-state index is 0.209. The van der Waals surface area contributed by atoms with Crippen LogP contribution in [0.2, 0.25) is 0 Å². The van der Waals surface area contributed by atoms with Gasteiger partial charge in [-0.25, -0.2) is 0 Å². The summed E-state index contributed by atoms with van der Waals surface area (Å²) >= 11 is 0. The predicted molar refractivity (Wildman–Crippen MR) is 71.9 cm³/mol. The van der Waals surface area contributed by atoms with E-state index in [1.54, 1.807) is 0 Å². The Hall–Kier alpha value is -1.59. The standard InChI is InChI=1S/C14H24O6/c1-4-7-18-12(15)10-11(13(16)19-8-5-2)14(17)20-9-6-3/h11H,4-10H2,1-3H3. The van der Waals surface area contributed by atoms with Crippen molar-refractivity contribution in [3.05, 3.63) is 0 Å². The molecule has 116 valence electrons. The minimum atomic E-state index is -1.24. The average molecular weight is 288 g/mol. The molecule has 0 aliphatic carbocycles. The highest BCUT2D eigenvalue weighted by Gasteiger charge is 2.32. The van der Waals surface area contributed by atoms with Crippen molar-refractivity contribution in [2.45, 2.75) is 46.5 Å². The fraction of sp³-hybridized carbons (Fsp3) is 0.786. The van der Waals surface area contributed by atoms with Gasteiger partial charge in [0.2, 0.25) is 0 Å². The molecule has 0 heterocycles. The molecule has 0 radical (unpaired) electrons. The van der Waals surface area contributed by atoms with Gasteiger partial charge >= 0.3 is 17.9 Å². The van der Waals surface area contributed by atoms with Crippen LogP contribution in [0.4, 0.5) is 0 Å². The van der Waals surface area contributed by atoms with Gasteiger partial charge in [0, 0.05) is 0 Å². The summed E-state index contributed by atoms with van der Waals surface area (Å²) in [5.74, 6) is -3.31. The minimum Gasteiger partial charge on any atom is -0.466 e. The first-order valence-corrected chi connectivity index (χ1v) is 7.05. The number of carbonyl (C=O) groups is 3. The van der Waals surface area contributed by atoms with Gasteiger partial charge in [0.05, 0.1) is 26.2 Å². The van der Waals surface area contributed by atoms with Crippen LogP contribution < -0.4 is 0 Å². The maximum Gasteiger partial charge on any atom is 0.320 e. The van der Waals surface area contributed by atoms with Crippen molar-refractivity contribution in [1.29, 1.82) is 0 Å². The van der Waals surface area contributed by atoms with Gasteiger partial charge in [0.1, 0.15) is 0 Å². The summed E-state index contributed by atoms with van der Waals surface area (Å²) in [6.07, 6.45) is 1.62. The van der Waals surface area contributed by atoms with E-state index in [1.807, 2.05) is 20.8 Å². The lowest BCUT2D eigenvalue weighted by Crippen LogP contribution is -2.31. The second kappa shape index (κ2) is 11.3. The van der Waals surface area contributed by atoms with Gasteiger partial charge in [-0.15, -0.1) is 0 Å². The molecular weight excluding hydrogens is 264 g/mol. The summed E-state index contributed by atoms with van der Waals surface area (Å²) in [5.41, 5.74) is 0. The molecule has 0 saturated heterocycles. The highest BCUT2D eigenvalue weighted by atomic mass is 16.6. The Morgan fingerprint density at radius 2 is 1.15 bits per heavy atom. The molecule has 20 heavy (non-hydrogen) atoms. The number of carbonyl (C=O) groups excluding carboxylic acids is 3. The van der Waals surface area contributed by atoms with Gasteiger partial charge in [-0.1, -0.05) is 20.8 Å². The molecule has 0 bridgehead atoms. The van der Waals surface area contributed by atoms with Crippen LogP contribution in [0.5, 0.6) is 0 Å². The summed E-state index contributed by atoms with van der Waals surface area (Å²) in [4.78, 5) is 35.1. The van der Waals surface area contributed by atoms with Crippen LogP contribution in [0.25, 0.3) is 0 Å². The van der Waals surface area contributed by atoms with Gasteiger partial charge in [-0.3, -0.25) is 14.4 Å². The van der Waals surface area contributed by atoms with Gasteiger partial charge in [0.25, 0.3) is 0 Å². The second-order valence-corrected chi connectivity index (χ2v) is 4.31. The number of rotatable bonds is 10. The molecule has 0 rings (SSSR count). The zero-order valence-electron chi connectivity index (χ0n) is 12.5. The van der Waals surface area contributed by atoms with Crippen LogP contribution in [0.3, 0.4) is 0 Å². The summed E-state index contributed by atoms with van der Waals surface area (Å²) in [5, 5.41) is 0. The third-order valence-corrected chi connectivity index (χ3v) is 2.30.